The lowest BCUT2D eigenvalue weighted by Crippen LogP contribution is -2.12. The molecule has 1 amide bonds. The van der Waals surface area contributed by atoms with E-state index in [-0.39, 0.29) is 5.91 Å². The van der Waals surface area contributed by atoms with Gasteiger partial charge in [0.05, 0.1) is 12.7 Å². The number of nitrogens with zero attached hydrogens (tertiary/aromatic N) is 1. The Balaban J connectivity index is 1.63. The first-order valence-corrected chi connectivity index (χ1v) is 8.27. The number of nitrogens with one attached hydrogen (secondary N) is 1. The zero-order valence-electron chi connectivity index (χ0n) is 14.7. The molecule has 6 heteroatoms. The number of anilines is 1. The van der Waals surface area contributed by atoms with Gasteiger partial charge >= 0.3 is 5.97 Å². The maximum absolute atomic E-state index is 12.4. The SMILES string of the molecule is COC(=O)c1ccc(C(=O)Nc2cccc(OCc3cccnc3)c2)cc1. The number of methoxy groups -OCH3 is 1. The van der Waals surface area contributed by atoms with E-state index in [1.165, 1.54) is 7.11 Å². The highest BCUT2D eigenvalue weighted by Gasteiger charge is 2.09. The highest BCUT2D eigenvalue weighted by molar-refractivity contribution is 6.04. The van der Waals surface area contributed by atoms with E-state index in [2.05, 4.69) is 15.0 Å². The Hall–Kier alpha value is -3.67. The molecular formula is C21H18N2O4. The van der Waals surface area contributed by atoms with E-state index in [0.717, 1.165) is 5.56 Å². The zero-order valence-corrected chi connectivity index (χ0v) is 14.7. The molecule has 136 valence electrons. The van der Waals surface area contributed by atoms with E-state index in [1.54, 1.807) is 54.9 Å². The monoisotopic (exact) mass is 362 g/mol. The van der Waals surface area contributed by atoms with Gasteiger partial charge in [0.15, 0.2) is 0 Å². The molecule has 3 aromatic rings. The zero-order chi connectivity index (χ0) is 19.1. The highest BCUT2D eigenvalue weighted by Crippen LogP contribution is 2.19. The van der Waals surface area contributed by atoms with Gasteiger partial charge in [-0.1, -0.05) is 12.1 Å². The summed E-state index contributed by atoms with van der Waals surface area (Å²) in [6.07, 6.45) is 3.45. The van der Waals surface area contributed by atoms with Crippen molar-refractivity contribution in [3.63, 3.8) is 0 Å². The van der Waals surface area contributed by atoms with Crippen molar-refractivity contribution in [2.24, 2.45) is 0 Å². The number of esters is 1. The standard InChI is InChI=1S/C21H18N2O4/c1-26-21(25)17-9-7-16(8-10-17)20(24)23-18-5-2-6-19(12-18)27-14-15-4-3-11-22-13-15/h2-13H,14H2,1H3,(H,23,24). The molecule has 0 radical (unpaired) electrons. The molecule has 2 aromatic carbocycles. The summed E-state index contributed by atoms with van der Waals surface area (Å²) in [5.41, 5.74) is 2.39. The lowest BCUT2D eigenvalue weighted by Gasteiger charge is -2.09. The Morgan fingerprint density at radius 2 is 1.78 bits per heavy atom. The van der Waals surface area contributed by atoms with Crippen LogP contribution < -0.4 is 10.1 Å². The molecule has 0 saturated carbocycles. The molecule has 1 N–H and O–H groups in total. The second-order valence-electron chi connectivity index (χ2n) is 5.70. The van der Waals surface area contributed by atoms with Gasteiger partial charge in [-0.05, 0) is 42.5 Å². The number of hydrogen-bond donors (Lipinski definition) is 1. The normalized spacial score (nSPS) is 10.1. The number of ether oxygens (including phenoxy) is 2. The van der Waals surface area contributed by atoms with E-state index in [1.807, 2.05) is 18.2 Å². The van der Waals surface area contributed by atoms with Crippen molar-refractivity contribution in [1.29, 1.82) is 0 Å². The Kier molecular flexibility index (Phi) is 5.79. The summed E-state index contributed by atoms with van der Waals surface area (Å²) in [6.45, 7) is 0.389. The quantitative estimate of drug-likeness (QED) is 0.677. The number of hydrogen-bond acceptors (Lipinski definition) is 5. The van der Waals surface area contributed by atoms with Gasteiger partial charge in [0.1, 0.15) is 12.4 Å². The summed E-state index contributed by atoms with van der Waals surface area (Å²) >= 11 is 0. The van der Waals surface area contributed by atoms with Crippen LogP contribution in [-0.2, 0) is 11.3 Å². The lowest BCUT2D eigenvalue weighted by atomic mass is 10.1. The number of aromatic nitrogens is 1. The molecule has 0 aliphatic carbocycles. The van der Waals surface area contributed by atoms with Gasteiger partial charge in [-0.2, -0.15) is 0 Å². The molecule has 0 aliphatic heterocycles. The van der Waals surface area contributed by atoms with Gasteiger partial charge in [0, 0.05) is 35.3 Å². The summed E-state index contributed by atoms with van der Waals surface area (Å²) < 4.78 is 10.4. The molecule has 1 aromatic heterocycles. The van der Waals surface area contributed by atoms with Crippen LogP contribution in [0.3, 0.4) is 0 Å². The minimum Gasteiger partial charge on any atom is -0.489 e. The largest absolute Gasteiger partial charge is 0.489 e. The molecular weight excluding hydrogens is 344 g/mol. The molecule has 6 nitrogen and oxygen atoms in total. The predicted octanol–water partition coefficient (Wildman–Crippen LogP) is 3.70. The van der Waals surface area contributed by atoms with Gasteiger partial charge in [0.2, 0.25) is 0 Å². The third-order valence-corrected chi connectivity index (χ3v) is 3.79. The minimum absolute atomic E-state index is 0.282. The van der Waals surface area contributed by atoms with Crippen LogP contribution in [0.4, 0.5) is 5.69 Å². The smallest absolute Gasteiger partial charge is 0.337 e. The predicted molar refractivity (Wildman–Crippen MR) is 101 cm³/mol. The van der Waals surface area contributed by atoms with Gasteiger partial charge < -0.3 is 14.8 Å². The van der Waals surface area contributed by atoms with Crippen molar-refractivity contribution in [2.75, 3.05) is 12.4 Å². The van der Waals surface area contributed by atoms with Crippen LogP contribution >= 0.6 is 0 Å². The summed E-state index contributed by atoms with van der Waals surface area (Å²) in [4.78, 5) is 27.9. The molecule has 0 atom stereocenters. The van der Waals surface area contributed by atoms with Crippen molar-refractivity contribution >= 4 is 17.6 Å². The molecule has 0 fully saturated rings. The summed E-state index contributed by atoms with van der Waals surface area (Å²) in [6, 6.07) is 17.2. The average Bonchev–Trinajstić information content (AvgIpc) is 2.73. The fraction of sp³-hybridized carbons (Fsp3) is 0.0952. The summed E-state index contributed by atoms with van der Waals surface area (Å²) in [5.74, 6) is -0.0889. The van der Waals surface area contributed by atoms with Crippen LogP contribution in [0.2, 0.25) is 0 Å². The Bertz CT molecular complexity index is 924. The van der Waals surface area contributed by atoms with Crippen molar-refractivity contribution in [1.82, 2.24) is 4.98 Å². The van der Waals surface area contributed by atoms with Crippen molar-refractivity contribution in [3.8, 4) is 5.75 Å². The number of benzene rings is 2. The Morgan fingerprint density at radius 1 is 1.00 bits per heavy atom. The van der Waals surface area contributed by atoms with Crippen molar-refractivity contribution < 1.29 is 19.1 Å². The van der Waals surface area contributed by atoms with Crippen LogP contribution in [0.25, 0.3) is 0 Å². The van der Waals surface area contributed by atoms with Crippen LogP contribution in [0, 0.1) is 0 Å². The lowest BCUT2D eigenvalue weighted by molar-refractivity contribution is 0.0600. The Morgan fingerprint density at radius 3 is 2.48 bits per heavy atom. The first-order valence-electron chi connectivity index (χ1n) is 8.27. The fourth-order valence-corrected chi connectivity index (χ4v) is 2.39. The van der Waals surface area contributed by atoms with Crippen LogP contribution in [0.1, 0.15) is 26.3 Å². The molecule has 0 unspecified atom stereocenters. The van der Waals surface area contributed by atoms with Gasteiger partial charge in [-0.25, -0.2) is 4.79 Å². The second-order valence-corrected chi connectivity index (χ2v) is 5.70. The maximum atomic E-state index is 12.4. The fourth-order valence-electron chi connectivity index (χ4n) is 2.39. The van der Waals surface area contributed by atoms with E-state index < -0.39 is 5.97 Å². The van der Waals surface area contributed by atoms with Gasteiger partial charge in [-0.3, -0.25) is 9.78 Å². The second kappa shape index (κ2) is 8.62. The molecule has 0 bridgehead atoms. The molecule has 27 heavy (non-hydrogen) atoms. The molecule has 0 saturated heterocycles. The van der Waals surface area contributed by atoms with Gasteiger partial charge in [0.25, 0.3) is 5.91 Å². The first kappa shape index (κ1) is 18.1. The summed E-state index contributed by atoms with van der Waals surface area (Å²) in [7, 11) is 1.31. The maximum Gasteiger partial charge on any atom is 0.337 e. The first-order chi connectivity index (χ1) is 13.2. The number of pyridine rings is 1. The molecule has 0 spiro atoms. The topological polar surface area (TPSA) is 77.5 Å². The number of carbonyl (C=O) groups excluding carboxylic acids is 2. The molecule has 1 heterocycles. The van der Waals surface area contributed by atoms with E-state index in [4.69, 9.17) is 4.74 Å². The van der Waals surface area contributed by atoms with E-state index in [9.17, 15) is 9.59 Å². The van der Waals surface area contributed by atoms with Crippen molar-refractivity contribution in [2.45, 2.75) is 6.61 Å². The van der Waals surface area contributed by atoms with E-state index >= 15 is 0 Å². The molecule has 3 rings (SSSR count). The number of amides is 1. The van der Waals surface area contributed by atoms with Gasteiger partial charge in [-0.15, -0.1) is 0 Å². The molecule has 0 aliphatic rings. The Labute approximate surface area is 156 Å². The third-order valence-electron chi connectivity index (χ3n) is 3.79. The van der Waals surface area contributed by atoms with Crippen LogP contribution in [0.15, 0.2) is 73.1 Å². The third kappa shape index (κ3) is 4.92. The summed E-state index contributed by atoms with van der Waals surface area (Å²) in [5, 5.41) is 2.81. The highest BCUT2D eigenvalue weighted by atomic mass is 16.5. The minimum atomic E-state index is -0.444. The van der Waals surface area contributed by atoms with E-state index in [0.29, 0.717) is 29.2 Å². The average molecular weight is 362 g/mol. The number of carbonyl (C=O) groups is 2. The number of rotatable bonds is 6. The van der Waals surface area contributed by atoms with Crippen LogP contribution in [0.5, 0.6) is 5.75 Å². The van der Waals surface area contributed by atoms with Crippen LogP contribution in [-0.4, -0.2) is 24.0 Å². The van der Waals surface area contributed by atoms with Crippen molar-refractivity contribution in [3.05, 3.63) is 89.7 Å².